The smallest absolute Gasteiger partial charge is 0.141 e. The first kappa shape index (κ1) is 7.47. The van der Waals surface area contributed by atoms with Gasteiger partial charge in [0.05, 0.1) is 10.2 Å². The Hall–Kier alpha value is -0.640. The summed E-state index contributed by atoms with van der Waals surface area (Å²) in [6, 6.07) is 0. The third-order valence-electron chi connectivity index (χ3n) is 1.22. The molecule has 0 bridgehead atoms. The Bertz CT molecular complexity index is 236. The van der Waals surface area contributed by atoms with Crippen LogP contribution in [0, 0.1) is 0 Å². The molecule has 1 rings (SSSR count). The van der Waals surface area contributed by atoms with E-state index in [0.717, 1.165) is 16.6 Å². The molecule has 0 amide bonds. The van der Waals surface area contributed by atoms with Crippen molar-refractivity contribution in [2.24, 2.45) is 0 Å². The summed E-state index contributed by atoms with van der Waals surface area (Å²) in [4.78, 5) is 7.83. The summed E-state index contributed by atoms with van der Waals surface area (Å²) in [6.45, 7) is 2.02. The Labute approximate surface area is 67.8 Å². The molecule has 0 saturated heterocycles. The van der Waals surface area contributed by atoms with Crippen molar-refractivity contribution in [3.63, 3.8) is 0 Å². The number of hydrogen-bond donors (Lipinski definition) is 1. The van der Waals surface area contributed by atoms with Crippen molar-refractivity contribution in [2.45, 2.75) is 13.3 Å². The molecule has 0 aromatic carbocycles. The molecule has 54 valence electrons. The standard InChI is InChI=1S/C6H8BrN3/c1-2-4-5(7)6(8)10-3-9-4/h3H,2H2,1H3,(H2,8,9,10). The van der Waals surface area contributed by atoms with E-state index in [1.54, 1.807) is 0 Å². The van der Waals surface area contributed by atoms with Gasteiger partial charge in [0.15, 0.2) is 0 Å². The minimum Gasteiger partial charge on any atom is -0.383 e. The first-order chi connectivity index (χ1) is 4.75. The number of anilines is 1. The molecule has 3 nitrogen and oxygen atoms in total. The van der Waals surface area contributed by atoms with Crippen molar-refractivity contribution >= 4 is 21.7 Å². The third kappa shape index (κ3) is 1.26. The predicted octanol–water partition coefficient (Wildman–Crippen LogP) is 1.38. The van der Waals surface area contributed by atoms with Crippen LogP contribution in [0.25, 0.3) is 0 Å². The number of nitrogens with zero attached hydrogens (tertiary/aromatic N) is 2. The molecule has 0 aliphatic heterocycles. The number of rotatable bonds is 1. The van der Waals surface area contributed by atoms with Gasteiger partial charge in [-0.25, -0.2) is 9.97 Å². The summed E-state index contributed by atoms with van der Waals surface area (Å²) in [5.74, 6) is 0.506. The lowest BCUT2D eigenvalue weighted by atomic mass is 10.3. The van der Waals surface area contributed by atoms with E-state index in [1.165, 1.54) is 6.33 Å². The Kier molecular flexibility index (Phi) is 2.21. The highest BCUT2D eigenvalue weighted by Crippen LogP contribution is 2.19. The van der Waals surface area contributed by atoms with E-state index in [0.29, 0.717) is 5.82 Å². The summed E-state index contributed by atoms with van der Waals surface area (Å²) in [5, 5.41) is 0. The average molecular weight is 202 g/mol. The second kappa shape index (κ2) is 2.96. The van der Waals surface area contributed by atoms with Crippen molar-refractivity contribution in [1.29, 1.82) is 0 Å². The molecule has 0 atom stereocenters. The largest absolute Gasteiger partial charge is 0.383 e. The third-order valence-corrected chi connectivity index (χ3v) is 2.09. The maximum absolute atomic E-state index is 5.50. The SMILES string of the molecule is CCc1ncnc(N)c1Br. The van der Waals surface area contributed by atoms with Crippen molar-refractivity contribution in [3.8, 4) is 0 Å². The number of hydrogen-bond acceptors (Lipinski definition) is 3. The minimum absolute atomic E-state index is 0.506. The molecule has 0 aliphatic rings. The summed E-state index contributed by atoms with van der Waals surface area (Å²) >= 11 is 3.29. The average Bonchev–Trinajstić information content (AvgIpc) is 1.95. The highest BCUT2D eigenvalue weighted by molar-refractivity contribution is 9.10. The molecule has 2 N–H and O–H groups in total. The molecular formula is C6H8BrN3. The Morgan fingerprint density at radius 2 is 2.30 bits per heavy atom. The minimum atomic E-state index is 0.506. The maximum atomic E-state index is 5.50. The first-order valence-corrected chi connectivity index (χ1v) is 3.79. The van der Waals surface area contributed by atoms with Crippen LogP contribution in [0.3, 0.4) is 0 Å². The fourth-order valence-electron chi connectivity index (χ4n) is 0.668. The first-order valence-electron chi connectivity index (χ1n) is 3.00. The Morgan fingerprint density at radius 1 is 1.60 bits per heavy atom. The van der Waals surface area contributed by atoms with Gasteiger partial charge in [0, 0.05) is 0 Å². The highest BCUT2D eigenvalue weighted by Gasteiger charge is 2.01. The van der Waals surface area contributed by atoms with Crippen LogP contribution in [0.2, 0.25) is 0 Å². The molecule has 1 heterocycles. The van der Waals surface area contributed by atoms with Crippen molar-refractivity contribution in [1.82, 2.24) is 9.97 Å². The van der Waals surface area contributed by atoms with Crippen LogP contribution in [0.4, 0.5) is 5.82 Å². The van der Waals surface area contributed by atoms with E-state index in [4.69, 9.17) is 5.73 Å². The quantitative estimate of drug-likeness (QED) is 0.748. The van der Waals surface area contributed by atoms with E-state index in [2.05, 4.69) is 25.9 Å². The van der Waals surface area contributed by atoms with Gasteiger partial charge < -0.3 is 5.73 Å². The van der Waals surface area contributed by atoms with Crippen LogP contribution in [0.1, 0.15) is 12.6 Å². The Balaban J connectivity index is 3.14. The van der Waals surface area contributed by atoms with Gasteiger partial charge in [0.1, 0.15) is 12.1 Å². The van der Waals surface area contributed by atoms with Gasteiger partial charge in [0.25, 0.3) is 0 Å². The fourth-order valence-corrected chi connectivity index (χ4v) is 1.15. The zero-order valence-electron chi connectivity index (χ0n) is 5.63. The summed E-state index contributed by atoms with van der Waals surface area (Å²) in [5.41, 5.74) is 6.45. The summed E-state index contributed by atoms with van der Waals surface area (Å²) in [6.07, 6.45) is 2.34. The lowest BCUT2D eigenvalue weighted by molar-refractivity contribution is 0.989. The maximum Gasteiger partial charge on any atom is 0.141 e. The van der Waals surface area contributed by atoms with Crippen molar-refractivity contribution in [2.75, 3.05) is 5.73 Å². The van der Waals surface area contributed by atoms with E-state index in [-0.39, 0.29) is 0 Å². The van der Waals surface area contributed by atoms with Crippen LogP contribution in [0.5, 0.6) is 0 Å². The van der Waals surface area contributed by atoms with Crippen LogP contribution < -0.4 is 5.73 Å². The van der Waals surface area contributed by atoms with Crippen LogP contribution >= 0.6 is 15.9 Å². The fraction of sp³-hybridized carbons (Fsp3) is 0.333. The number of aromatic nitrogens is 2. The molecular weight excluding hydrogens is 194 g/mol. The second-order valence-corrected chi connectivity index (χ2v) is 2.67. The highest BCUT2D eigenvalue weighted by atomic mass is 79.9. The molecule has 0 radical (unpaired) electrons. The lowest BCUT2D eigenvalue weighted by Crippen LogP contribution is -1.97. The van der Waals surface area contributed by atoms with Gasteiger partial charge in [-0.05, 0) is 22.4 Å². The van der Waals surface area contributed by atoms with Gasteiger partial charge in [-0.3, -0.25) is 0 Å². The van der Waals surface area contributed by atoms with Crippen molar-refractivity contribution < 1.29 is 0 Å². The van der Waals surface area contributed by atoms with Gasteiger partial charge in [0.2, 0.25) is 0 Å². The zero-order chi connectivity index (χ0) is 7.56. The molecule has 0 spiro atoms. The van der Waals surface area contributed by atoms with Crippen LogP contribution in [-0.2, 0) is 6.42 Å². The van der Waals surface area contributed by atoms with Gasteiger partial charge >= 0.3 is 0 Å². The molecule has 0 fully saturated rings. The number of nitrogen functional groups attached to an aromatic ring is 1. The van der Waals surface area contributed by atoms with Crippen molar-refractivity contribution in [3.05, 3.63) is 16.5 Å². The number of aryl methyl sites for hydroxylation is 1. The van der Waals surface area contributed by atoms with E-state index in [1.807, 2.05) is 6.92 Å². The van der Waals surface area contributed by atoms with Crippen LogP contribution in [-0.4, -0.2) is 9.97 Å². The molecule has 1 aromatic rings. The molecule has 0 saturated carbocycles. The monoisotopic (exact) mass is 201 g/mol. The zero-order valence-corrected chi connectivity index (χ0v) is 7.22. The topological polar surface area (TPSA) is 51.8 Å². The lowest BCUT2D eigenvalue weighted by Gasteiger charge is -1.99. The molecule has 0 aliphatic carbocycles. The van der Waals surface area contributed by atoms with Gasteiger partial charge in [-0.2, -0.15) is 0 Å². The van der Waals surface area contributed by atoms with E-state index < -0.39 is 0 Å². The molecule has 10 heavy (non-hydrogen) atoms. The molecule has 4 heteroatoms. The van der Waals surface area contributed by atoms with Gasteiger partial charge in [-0.15, -0.1) is 0 Å². The molecule has 1 aromatic heterocycles. The predicted molar refractivity (Wildman–Crippen MR) is 43.5 cm³/mol. The van der Waals surface area contributed by atoms with E-state index >= 15 is 0 Å². The normalized spacial score (nSPS) is 9.80. The van der Waals surface area contributed by atoms with Crippen LogP contribution in [0.15, 0.2) is 10.8 Å². The van der Waals surface area contributed by atoms with Gasteiger partial charge in [-0.1, -0.05) is 6.92 Å². The van der Waals surface area contributed by atoms with E-state index in [9.17, 15) is 0 Å². The second-order valence-electron chi connectivity index (χ2n) is 1.87. The number of nitrogens with two attached hydrogens (primary N) is 1. The summed E-state index contributed by atoms with van der Waals surface area (Å²) < 4.78 is 0.817. The Morgan fingerprint density at radius 3 is 2.80 bits per heavy atom. The number of halogens is 1. The summed E-state index contributed by atoms with van der Waals surface area (Å²) in [7, 11) is 0. The molecule has 0 unspecified atom stereocenters.